The number of primary amides is 1. The van der Waals surface area contributed by atoms with E-state index >= 15 is 0 Å². The number of nitrogens with zero attached hydrogens (tertiary/aromatic N) is 2. The van der Waals surface area contributed by atoms with Crippen molar-refractivity contribution in [3.8, 4) is 11.1 Å². The van der Waals surface area contributed by atoms with Crippen LogP contribution in [0.1, 0.15) is 57.1 Å². The zero-order valence-corrected chi connectivity index (χ0v) is 21.2. The molecule has 1 aliphatic rings. The summed E-state index contributed by atoms with van der Waals surface area (Å²) in [5.74, 6) is 0.0641. The lowest BCUT2D eigenvalue weighted by Crippen LogP contribution is -2.40. The third kappa shape index (κ3) is 6.00. The van der Waals surface area contributed by atoms with Crippen molar-refractivity contribution in [3.63, 3.8) is 0 Å². The Bertz CT molecular complexity index is 1220. The van der Waals surface area contributed by atoms with Crippen LogP contribution in [0.15, 0.2) is 53.3 Å². The van der Waals surface area contributed by atoms with E-state index in [2.05, 4.69) is 66.5 Å². The van der Waals surface area contributed by atoms with Gasteiger partial charge in [0, 0.05) is 25.2 Å². The Balaban J connectivity index is 1.71. The number of carbonyl (C=O) groups excluding carboxylic acids is 1. The maximum atomic E-state index is 13.6. The molecule has 1 amide bonds. The van der Waals surface area contributed by atoms with Crippen molar-refractivity contribution in [2.45, 2.75) is 65.1 Å². The molecule has 0 unspecified atom stereocenters. The predicted octanol–water partition coefficient (Wildman–Crippen LogP) is 4.24. The average Bonchev–Trinajstić information content (AvgIpc) is 2.87. The summed E-state index contributed by atoms with van der Waals surface area (Å²) in [6.45, 7) is 10.1. The van der Waals surface area contributed by atoms with Crippen LogP contribution in [0.25, 0.3) is 22.0 Å². The first-order valence-electron chi connectivity index (χ1n) is 12.9. The Hall–Kier alpha value is -2.96. The molecule has 3 aromatic rings. The molecule has 186 valence electrons. The summed E-state index contributed by atoms with van der Waals surface area (Å²) >= 11 is 0. The number of aromatic nitrogens is 1. The molecular weight excluding hydrogens is 436 g/mol. The third-order valence-electron chi connectivity index (χ3n) is 7.20. The highest BCUT2D eigenvalue weighted by molar-refractivity contribution is 5.85. The van der Waals surface area contributed by atoms with Gasteiger partial charge in [-0.05, 0) is 73.0 Å². The van der Waals surface area contributed by atoms with Gasteiger partial charge in [-0.3, -0.25) is 9.59 Å². The molecular formula is C29H38N4O2. The van der Waals surface area contributed by atoms with Crippen molar-refractivity contribution < 1.29 is 4.79 Å². The van der Waals surface area contributed by atoms with Gasteiger partial charge in [-0.25, -0.2) is 0 Å². The lowest BCUT2D eigenvalue weighted by Gasteiger charge is -2.27. The summed E-state index contributed by atoms with van der Waals surface area (Å²) in [6.07, 6.45) is 3.74. The fourth-order valence-electron chi connectivity index (χ4n) is 4.81. The zero-order valence-electron chi connectivity index (χ0n) is 21.2. The van der Waals surface area contributed by atoms with Crippen LogP contribution in [0.3, 0.4) is 0 Å². The first-order chi connectivity index (χ1) is 16.8. The van der Waals surface area contributed by atoms with Gasteiger partial charge in [-0.15, -0.1) is 0 Å². The maximum Gasteiger partial charge on any atom is 0.255 e. The zero-order chi connectivity index (χ0) is 24.9. The number of likely N-dealkylation sites (tertiary alicyclic amines) is 1. The van der Waals surface area contributed by atoms with Crippen molar-refractivity contribution in [3.05, 3.63) is 70.0 Å². The van der Waals surface area contributed by atoms with Crippen molar-refractivity contribution in [1.82, 2.24) is 14.8 Å². The fraction of sp³-hybridized carbons (Fsp3) is 0.448. The molecule has 1 fully saturated rings. The summed E-state index contributed by atoms with van der Waals surface area (Å²) in [5.41, 5.74) is 10.6. The molecule has 4 rings (SSSR count). The quantitative estimate of drug-likeness (QED) is 0.486. The molecule has 1 atom stereocenters. The van der Waals surface area contributed by atoms with E-state index in [1.54, 1.807) is 6.92 Å². The number of rotatable bonds is 9. The van der Waals surface area contributed by atoms with E-state index in [1.807, 2.05) is 10.6 Å². The molecule has 1 saturated heterocycles. The van der Waals surface area contributed by atoms with E-state index < -0.39 is 11.9 Å². The maximum absolute atomic E-state index is 13.6. The molecule has 0 aliphatic carbocycles. The van der Waals surface area contributed by atoms with Gasteiger partial charge >= 0.3 is 0 Å². The molecule has 3 N–H and O–H groups in total. The monoisotopic (exact) mass is 474 g/mol. The van der Waals surface area contributed by atoms with Gasteiger partial charge in [0.05, 0.1) is 11.6 Å². The van der Waals surface area contributed by atoms with Gasteiger partial charge in [0.1, 0.15) is 0 Å². The van der Waals surface area contributed by atoms with Gasteiger partial charge in [-0.1, -0.05) is 56.7 Å². The second-order valence-electron chi connectivity index (χ2n) is 10.1. The lowest BCUT2D eigenvalue weighted by molar-refractivity contribution is -0.119. The van der Waals surface area contributed by atoms with E-state index in [0.29, 0.717) is 24.6 Å². The van der Waals surface area contributed by atoms with E-state index in [0.717, 1.165) is 41.7 Å². The Morgan fingerprint density at radius 3 is 2.29 bits per heavy atom. The molecule has 2 heterocycles. The van der Waals surface area contributed by atoms with Crippen LogP contribution in [0.5, 0.6) is 0 Å². The van der Waals surface area contributed by atoms with E-state index in [9.17, 15) is 9.59 Å². The molecule has 0 bridgehead atoms. The molecule has 0 saturated carbocycles. The number of amides is 1. The predicted molar refractivity (Wildman–Crippen MR) is 144 cm³/mol. The molecule has 0 spiro atoms. The van der Waals surface area contributed by atoms with Crippen molar-refractivity contribution >= 4 is 16.8 Å². The van der Waals surface area contributed by atoms with E-state index in [4.69, 9.17) is 5.73 Å². The van der Waals surface area contributed by atoms with Crippen LogP contribution in [-0.2, 0) is 17.9 Å². The largest absolute Gasteiger partial charge is 0.368 e. The first-order valence-corrected chi connectivity index (χ1v) is 12.9. The minimum atomic E-state index is -0.497. The summed E-state index contributed by atoms with van der Waals surface area (Å²) in [6, 6.07) is 16.5. The van der Waals surface area contributed by atoms with Crippen molar-refractivity contribution in [2.75, 3.05) is 19.6 Å². The van der Waals surface area contributed by atoms with Gasteiger partial charge in [-0.2, -0.15) is 0 Å². The number of pyridine rings is 1. The molecule has 1 aliphatic heterocycles. The average molecular weight is 475 g/mol. The highest BCUT2D eigenvalue weighted by atomic mass is 16.1. The van der Waals surface area contributed by atoms with Crippen molar-refractivity contribution in [2.24, 2.45) is 5.73 Å². The topological polar surface area (TPSA) is 80.4 Å². The first kappa shape index (κ1) is 25.1. The number of carbonyl (C=O) groups is 1. The second-order valence-corrected chi connectivity index (χ2v) is 10.1. The summed E-state index contributed by atoms with van der Waals surface area (Å²) < 4.78 is 1.92. The minimum Gasteiger partial charge on any atom is -0.368 e. The lowest BCUT2D eigenvalue weighted by atomic mass is 9.98. The second kappa shape index (κ2) is 11.2. The van der Waals surface area contributed by atoms with Crippen LogP contribution in [-0.4, -0.2) is 41.1 Å². The Labute approximate surface area is 208 Å². The van der Waals surface area contributed by atoms with Gasteiger partial charge in [0.2, 0.25) is 5.91 Å². The number of nitrogens with two attached hydrogens (primary N) is 1. The highest BCUT2D eigenvalue weighted by Gasteiger charge is 2.15. The van der Waals surface area contributed by atoms with Crippen LogP contribution in [0.4, 0.5) is 0 Å². The Morgan fingerprint density at radius 2 is 1.63 bits per heavy atom. The number of hydrogen-bond acceptors (Lipinski definition) is 4. The number of benzene rings is 2. The molecule has 2 aromatic carbocycles. The standard InChI is InChI=1S/C29H38N4O2/c1-20(2)22-7-9-23(10-8-22)24-11-12-25-17-26(19-31-21(3)28(30)34)29(35)33(27(25)18-24)16-15-32-13-5-4-6-14-32/h7-12,17-18,20-21,31H,4-6,13-16,19H2,1-3H3,(H2,30,34)/t21-/m0/s1. The van der Waals surface area contributed by atoms with Crippen LogP contribution >= 0.6 is 0 Å². The van der Waals surface area contributed by atoms with Crippen LogP contribution in [0, 0.1) is 0 Å². The fourth-order valence-corrected chi connectivity index (χ4v) is 4.81. The summed E-state index contributed by atoms with van der Waals surface area (Å²) in [4.78, 5) is 27.5. The Kier molecular flexibility index (Phi) is 8.04. The third-order valence-corrected chi connectivity index (χ3v) is 7.20. The number of nitrogens with one attached hydrogen (secondary N) is 1. The smallest absolute Gasteiger partial charge is 0.255 e. The van der Waals surface area contributed by atoms with Crippen molar-refractivity contribution in [1.29, 1.82) is 0 Å². The summed E-state index contributed by atoms with van der Waals surface area (Å²) in [7, 11) is 0. The van der Waals surface area contributed by atoms with Crippen LogP contribution in [0.2, 0.25) is 0 Å². The van der Waals surface area contributed by atoms with E-state index in [-0.39, 0.29) is 5.56 Å². The number of fused-ring (bicyclic) bond motifs is 1. The van der Waals surface area contributed by atoms with Crippen LogP contribution < -0.4 is 16.6 Å². The minimum absolute atomic E-state index is 0.00835. The molecule has 35 heavy (non-hydrogen) atoms. The molecule has 0 radical (unpaired) electrons. The van der Waals surface area contributed by atoms with Gasteiger partial charge in [0.15, 0.2) is 0 Å². The van der Waals surface area contributed by atoms with E-state index in [1.165, 1.54) is 24.8 Å². The number of piperidine rings is 1. The number of hydrogen-bond donors (Lipinski definition) is 2. The van der Waals surface area contributed by atoms with Gasteiger partial charge in [0.25, 0.3) is 5.56 Å². The SMILES string of the molecule is CC(C)c1ccc(-c2ccc3cc(CN[C@@H](C)C(N)=O)c(=O)n(CCN4CCCCC4)c3c2)cc1. The molecule has 6 nitrogen and oxygen atoms in total. The normalized spacial score (nSPS) is 15.5. The molecule has 1 aromatic heterocycles. The molecule has 6 heteroatoms. The summed E-state index contributed by atoms with van der Waals surface area (Å²) in [5, 5.41) is 4.11. The highest BCUT2D eigenvalue weighted by Crippen LogP contribution is 2.26. The van der Waals surface area contributed by atoms with Gasteiger partial charge < -0.3 is 20.5 Å². The Morgan fingerprint density at radius 1 is 0.943 bits per heavy atom.